The van der Waals surface area contributed by atoms with E-state index in [1.165, 1.54) is 11.3 Å². The molecule has 8 nitrogen and oxygen atoms in total. The van der Waals surface area contributed by atoms with Crippen molar-refractivity contribution in [3.05, 3.63) is 52.2 Å². The maximum Gasteiger partial charge on any atom is 0.256 e. The largest absolute Gasteiger partial charge is 0.385 e. The van der Waals surface area contributed by atoms with Gasteiger partial charge in [-0.2, -0.15) is 11.3 Å². The second-order valence-electron chi connectivity index (χ2n) is 7.28. The van der Waals surface area contributed by atoms with Gasteiger partial charge in [0.25, 0.3) is 11.8 Å². The molecule has 0 radical (unpaired) electrons. The molecule has 2 heterocycles. The van der Waals surface area contributed by atoms with Crippen LogP contribution < -0.4 is 10.6 Å². The zero-order chi connectivity index (χ0) is 22.1. The molecule has 0 saturated carbocycles. The molecule has 3 rings (SSSR count). The lowest BCUT2D eigenvalue weighted by Gasteiger charge is -2.34. The van der Waals surface area contributed by atoms with Crippen molar-refractivity contribution in [2.45, 2.75) is 6.42 Å². The molecule has 1 aromatic heterocycles. The van der Waals surface area contributed by atoms with Gasteiger partial charge in [-0.25, -0.2) is 0 Å². The van der Waals surface area contributed by atoms with Crippen LogP contribution in [-0.4, -0.2) is 80.5 Å². The van der Waals surface area contributed by atoms with E-state index in [0.29, 0.717) is 62.7 Å². The first-order valence-corrected chi connectivity index (χ1v) is 11.2. The molecule has 1 fully saturated rings. The van der Waals surface area contributed by atoms with Crippen LogP contribution in [0.1, 0.15) is 27.1 Å². The molecule has 2 N–H and O–H groups in total. The standard InChI is InChI=1S/C22H28N4O4S/c1-30-13-4-8-23-20(27)15-25-9-11-26(12-10-25)22(29)18-5-2-3-6-19(18)24-21(28)17-7-14-31-16-17/h2-3,5-7,14,16H,4,8-13,15H2,1H3,(H,23,27)(H,24,28). The number of carbonyl (C=O) groups excluding carboxylic acids is 3. The summed E-state index contributed by atoms with van der Waals surface area (Å²) < 4.78 is 4.97. The van der Waals surface area contributed by atoms with E-state index in [0.717, 1.165) is 6.42 Å². The Balaban J connectivity index is 1.52. The Kier molecular flexibility index (Phi) is 8.57. The van der Waals surface area contributed by atoms with Gasteiger partial charge in [-0.1, -0.05) is 12.1 Å². The lowest BCUT2D eigenvalue weighted by Crippen LogP contribution is -2.51. The molecule has 1 saturated heterocycles. The van der Waals surface area contributed by atoms with E-state index in [2.05, 4.69) is 10.6 Å². The number of methoxy groups -OCH3 is 1. The Morgan fingerprint density at radius 3 is 2.58 bits per heavy atom. The van der Waals surface area contributed by atoms with E-state index < -0.39 is 0 Å². The van der Waals surface area contributed by atoms with Crippen molar-refractivity contribution < 1.29 is 19.1 Å². The first kappa shape index (κ1) is 22.9. The maximum atomic E-state index is 13.1. The van der Waals surface area contributed by atoms with Gasteiger partial charge in [0.05, 0.1) is 23.4 Å². The molecular weight excluding hydrogens is 416 g/mol. The van der Waals surface area contributed by atoms with Crippen molar-refractivity contribution in [2.24, 2.45) is 0 Å². The highest BCUT2D eigenvalue weighted by Crippen LogP contribution is 2.20. The number of hydrogen-bond donors (Lipinski definition) is 2. The summed E-state index contributed by atoms with van der Waals surface area (Å²) in [7, 11) is 1.64. The number of benzene rings is 1. The number of carbonyl (C=O) groups is 3. The fourth-order valence-corrected chi connectivity index (χ4v) is 3.99. The molecule has 3 amide bonds. The van der Waals surface area contributed by atoms with E-state index in [-0.39, 0.29) is 17.7 Å². The van der Waals surface area contributed by atoms with Crippen molar-refractivity contribution in [3.63, 3.8) is 0 Å². The third-order valence-corrected chi connectivity index (χ3v) is 5.75. The van der Waals surface area contributed by atoms with Crippen LogP contribution in [0.3, 0.4) is 0 Å². The number of ether oxygens (including phenoxy) is 1. The zero-order valence-corrected chi connectivity index (χ0v) is 18.5. The number of para-hydroxylation sites is 1. The third kappa shape index (κ3) is 6.61. The average Bonchev–Trinajstić information content (AvgIpc) is 3.32. The minimum absolute atomic E-state index is 0.0163. The molecule has 31 heavy (non-hydrogen) atoms. The topological polar surface area (TPSA) is 91.0 Å². The van der Waals surface area contributed by atoms with Crippen molar-refractivity contribution >= 4 is 34.7 Å². The first-order chi connectivity index (χ1) is 15.1. The number of amides is 3. The van der Waals surface area contributed by atoms with Crippen LogP contribution in [-0.2, 0) is 9.53 Å². The number of thiophene rings is 1. The lowest BCUT2D eigenvalue weighted by molar-refractivity contribution is -0.122. The van der Waals surface area contributed by atoms with Gasteiger partial charge in [-0.15, -0.1) is 0 Å². The van der Waals surface area contributed by atoms with Gasteiger partial charge in [0.2, 0.25) is 5.91 Å². The molecule has 9 heteroatoms. The Morgan fingerprint density at radius 1 is 1.10 bits per heavy atom. The second-order valence-corrected chi connectivity index (χ2v) is 8.06. The Bertz CT molecular complexity index is 879. The molecule has 0 spiro atoms. The van der Waals surface area contributed by atoms with Gasteiger partial charge >= 0.3 is 0 Å². The molecule has 0 atom stereocenters. The molecule has 1 aliphatic rings. The number of piperazine rings is 1. The van der Waals surface area contributed by atoms with Crippen LogP contribution in [0.2, 0.25) is 0 Å². The SMILES string of the molecule is COCCCNC(=O)CN1CCN(C(=O)c2ccccc2NC(=O)c2ccsc2)CC1. The summed E-state index contributed by atoms with van der Waals surface area (Å²) >= 11 is 1.45. The minimum Gasteiger partial charge on any atom is -0.385 e. The Morgan fingerprint density at radius 2 is 1.87 bits per heavy atom. The summed E-state index contributed by atoms with van der Waals surface area (Å²) in [6, 6.07) is 8.80. The summed E-state index contributed by atoms with van der Waals surface area (Å²) in [6.07, 6.45) is 0.785. The normalized spacial score (nSPS) is 14.3. The molecule has 166 valence electrons. The number of rotatable bonds is 9. The van der Waals surface area contributed by atoms with Crippen LogP contribution in [0.5, 0.6) is 0 Å². The number of anilines is 1. The summed E-state index contributed by atoms with van der Waals surface area (Å²) in [5.41, 5.74) is 1.54. The van der Waals surface area contributed by atoms with Crippen molar-refractivity contribution in [1.82, 2.24) is 15.1 Å². The molecular formula is C22H28N4O4S. The summed E-state index contributed by atoms with van der Waals surface area (Å²) in [5.74, 6) is -0.370. The second kappa shape index (κ2) is 11.6. The van der Waals surface area contributed by atoms with Gasteiger partial charge in [-0.3, -0.25) is 19.3 Å². The van der Waals surface area contributed by atoms with Crippen LogP contribution in [0.25, 0.3) is 0 Å². The average molecular weight is 445 g/mol. The van der Waals surface area contributed by atoms with Gasteiger partial charge < -0.3 is 20.3 Å². The van der Waals surface area contributed by atoms with Gasteiger partial charge in [-0.05, 0) is 30.0 Å². The molecule has 2 aromatic rings. The summed E-state index contributed by atoms with van der Waals surface area (Å²) in [4.78, 5) is 41.3. The minimum atomic E-state index is -0.233. The predicted octanol–water partition coefficient (Wildman–Crippen LogP) is 1.91. The zero-order valence-electron chi connectivity index (χ0n) is 17.6. The van der Waals surface area contributed by atoms with E-state index in [1.807, 2.05) is 10.3 Å². The highest BCUT2D eigenvalue weighted by Gasteiger charge is 2.25. The lowest BCUT2D eigenvalue weighted by atomic mass is 10.1. The van der Waals surface area contributed by atoms with Crippen LogP contribution in [0, 0.1) is 0 Å². The fraction of sp³-hybridized carbons (Fsp3) is 0.409. The van der Waals surface area contributed by atoms with Crippen molar-refractivity contribution in [1.29, 1.82) is 0 Å². The molecule has 1 aromatic carbocycles. The van der Waals surface area contributed by atoms with E-state index >= 15 is 0 Å². The van der Waals surface area contributed by atoms with Gasteiger partial charge in [0.1, 0.15) is 0 Å². The van der Waals surface area contributed by atoms with E-state index in [9.17, 15) is 14.4 Å². The number of nitrogens with zero attached hydrogens (tertiary/aromatic N) is 2. The highest BCUT2D eigenvalue weighted by molar-refractivity contribution is 7.08. The van der Waals surface area contributed by atoms with Crippen LogP contribution in [0.15, 0.2) is 41.1 Å². The molecule has 0 aliphatic carbocycles. The molecule has 0 unspecified atom stereocenters. The molecule has 0 bridgehead atoms. The smallest absolute Gasteiger partial charge is 0.256 e. The Labute approximate surface area is 186 Å². The number of nitrogens with one attached hydrogen (secondary N) is 2. The quantitative estimate of drug-likeness (QED) is 0.577. The monoisotopic (exact) mass is 444 g/mol. The van der Waals surface area contributed by atoms with Crippen molar-refractivity contribution in [2.75, 3.05) is 58.3 Å². The predicted molar refractivity (Wildman–Crippen MR) is 121 cm³/mol. The third-order valence-electron chi connectivity index (χ3n) is 5.06. The van der Waals surface area contributed by atoms with Gasteiger partial charge in [0, 0.05) is 51.8 Å². The van der Waals surface area contributed by atoms with Gasteiger partial charge in [0.15, 0.2) is 0 Å². The van der Waals surface area contributed by atoms with Crippen molar-refractivity contribution in [3.8, 4) is 0 Å². The van der Waals surface area contributed by atoms with Crippen LogP contribution >= 0.6 is 11.3 Å². The van der Waals surface area contributed by atoms with Crippen LogP contribution in [0.4, 0.5) is 5.69 Å². The Hall–Kier alpha value is -2.75. The summed E-state index contributed by atoms with van der Waals surface area (Å²) in [6.45, 7) is 3.85. The maximum absolute atomic E-state index is 13.1. The molecule has 1 aliphatic heterocycles. The summed E-state index contributed by atoms with van der Waals surface area (Å²) in [5, 5.41) is 9.33. The highest BCUT2D eigenvalue weighted by atomic mass is 32.1. The first-order valence-electron chi connectivity index (χ1n) is 10.3. The van der Waals surface area contributed by atoms with E-state index in [1.54, 1.807) is 47.7 Å². The number of hydrogen-bond acceptors (Lipinski definition) is 6. The fourth-order valence-electron chi connectivity index (χ4n) is 3.35. The van der Waals surface area contributed by atoms with E-state index in [4.69, 9.17) is 4.74 Å².